The fourth-order valence-electron chi connectivity index (χ4n) is 3.87. The summed E-state index contributed by atoms with van der Waals surface area (Å²) >= 11 is 6.09. The van der Waals surface area contributed by atoms with Crippen molar-refractivity contribution in [1.29, 1.82) is 0 Å². The normalized spacial score (nSPS) is 24.3. The lowest BCUT2D eigenvalue weighted by atomic mass is 9.99. The number of nitrogens with zero attached hydrogens (tertiary/aromatic N) is 3. The molecule has 2 aliphatic rings. The van der Waals surface area contributed by atoms with Gasteiger partial charge in [-0.25, -0.2) is 4.39 Å². The van der Waals surface area contributed by atoms with Gasteiger partial charge in [0.15, 0.2) is 0 Å². The van der Waals surface area contributed by atoms with Crippen molar-refractivity contribution in [3.05, 3.63) is 34.6 Å². The zero-order valence-electron chi connectivity index (χ0n) is 15.4. The molecule has 148 valence electrons. The van der Waals surface area contributed by atoms with Gasteiger partial charge in [-0.15, -0.1) is 0 Å². The van der Waals surface area contributed by atoms with Crippen LogP contribution < -0.4 is 0 Å². The predicted molar refractivity (Wildman–Crippen MR) is 100.0 cm³/mol. The number of aliphatic carboxylic acids is 1. The third kappa shape index (κ3) is 4.78. The Labute approximate surface area is 163 Å². The number of hydrogen-bond donors (Lipinski definition) is 1. The first-order valence-electron chi connectivity index (χ1n) is 9.23. The highest BCUT2D eigenvalue weighted by molar-refractivity contribution is 6.31. The molecule has 8 heteroatoms. The second-order valence-corrected chi connectivity index (χ2v) is 7.88. The number of amides is 1. The molecule has 1 aromatic carbocycles. The second-order valence-electron chi connectivity index (χ2n) is 7.47. The molecule has 2 fully saturated rings. The maximum atomic E-state index is 13.9. The van der Waals surface area contributed by atoms with Gasteiger partial charge in [-0.1, -0.05) is 24.6 Å². The Kier molecular flexibility index (Phi) is 6.34. The van der Waals surface area contributed by atoms with Crippen molar-refractivity contribution in [2.75, 3.05) is 45.8 Å². The van der Waals surface area contributed by atoms with E-state index in [-0.39, 0.29) is 24.2 Å². The standard InChI is InChI=1S/C19H25ClFN3O3/c1-13-9-23(10-14(13)19(26)27)12-18(25)24-7-5-22(6-8-24)11-15-16(20)3-2-4-17(15)21/h2-4,13-14H,5-12H2,1H3,(H,26,27)/t13-,14-/m1/s1. The Morgan fingerprint density at radius 2 is 1.89 bits per heavy atom. The minimum Gasteiger partial charge on any atom is -0.481 e. The number of halogens is 2. The summed E-state index contributed by atoms with van der Waals surface area (Å²) in [5.41, 5.74) is 0.490. The number of benzene rings is 1. The van der Waals surface area contributed by atoms with Crippen LogP contribution in [0.4, 0.5) is 4.39 Å². The third-order valence-corrected chi connectivity index (χ3v) is 5.89. The average molecular weight is 398 g/mol. The van der Waals surface area contributed by atoms with Gasteiger partial charge in [0.2, 0.25) is 5.91 Å². The van der Waals surface area contributed by atoms with Crippen LogP contribution in [-0.2, 0) is 16.1 Å². The first-order chi connectivity index (χ1) is 12.8. The van der Waals surface area contributed by atoms with Crippen LogP contribution >= 0.6 is 11.6 Å². The molecular formula is C19H25ClFN3O3. The van der Waals surface area contributed by atoms with Gasteiger partial charge < -0.3 is 10.0 Å². The summed E-state index contributed by atoms with van der Waals surface area (Å²) in [6, 6.07) is 4.68. The van der Waals surface area contributed by atoms with E-state index in [0.717, 1.165) is 0 Å². The van der Waals surface area contributed by atoms with Crippen LogP contribution in [0.2, 0.25) is 5.02 Å². The molecule has 3 rings (SSSR count). The molecule has 0 aliphatic carbocycles. The molecule has 0 saturated carbocycles. The Balaban J connectivity index is 1.48. The molecule has 0 unspecified atom stereocenters. The van der Waals surface area contributed by atoms with E-state index in [2.05, 4.69) is 4.90 Å². The molecule has 0 radical (unpaired) electrons. The number of piperazine rings is 1. The van der Waals surface area contributed by atoms with Crippen LogP contribution in [0, 0.1) is 17.7 Å². The predicted octanol–water partition coefficient (Wildman–Crippen LogP) is 1.78. The minimum absolute atomic E-state index is 0.0248. The molecule has 0 aromatic heterocycles. The summed E-state index contributed by atoms with van der Waals surface area (Å²) in [7, 11) is 0. The lowest BCUT2D eigenvalue weighted by Gasteiger charge is -2.35. The van der Waals surface area contributed by atoms with E-state index in [1.54, 1.807) is 17.0 Å². The zero-order chi connectivity index (χ0) is 19.6. The van der Waals surface area contributed by atoms with Crippen molar-refractivity contribution in [3.63, 3.8) is 0 Å². The summed E-state index contributed by atoms with van der Waals surface area (Å²) in [6.07, 6.45) is 0. The molecule has 0 bridgehead atoms. The largest absolute Gasteiger partial charge is 0.481 e. The molecule has 1 N–H and O–H groups in total. The van der Waals surface area contributed by atoms with E-state index in [9.17, 15) is 19.1 Å². The Morgan fingerprint density at radius 3 is 2.48 bits per heavy atom. The first-order valence-corrected chi connectivity index (χ1v) is 9.61. The molecule has 2 saturated heterocycles. The Bertz CT molecular complexity index is 689. The number of rotatable bonds is 5. The molecule has 27 heavy (non-hydrogen) atoms. The van der Waals surface area contributed by atoms with Gasteiger partial charge >= 0.3 is 5.97 Å². The summed E-state index contributed by atoms with van der Waals surface area (Å²) < 4.78 is 13.9. The van der Waals surface area contributed by atoms with Crippen LogP contribution in [0.1, 0.15) is 12.5 Å². The van der Waals surface area contributed by atoms with Crippen molar-refractivity contribution >= 4 is 23.5 Å². The Hall–Kier alpha value is -1.70. The van der Waals surface area contributed by atoms with Crippen molar-refractivity contribution in [3.8, 4) is 0 Å². The van der Waals surface area contributed by atoms with Gasteiger partial charge in [0, 0.05) is 56.4 Å². The molecular weight excluding hydrogens is 373 g/mol. The fourth-order valence-corrected chi connectivity index (χ4v) is 4.09. The van der Waals surface area contributed by atoms with Gasteiger partial charge in [0.05, 0.1) is 12.5 Å². The number of carboxylic acid groups (broad SMARTS) is 1. The summed E-state index contributed by atoms with van der Waals surface area (Å²) in [5, 5.41) is 9.63. The number of carbonyl (C=O) groups excluding carboxylic acids is 1. The van der Waals surface area contributed by atoms with Crippen LogP contribution in [0.5, 0.6) is 0 Å². The molecule has 6 nitrogen and oxygen atoms in total. The maximum Gasteiger partial charge on any atom is 0.308 e. The number of hydrogen-bond acceptors (Lipinski definition) is 4. The quantitative estimate of drug-likeness (QED) is 0.820. The van der Waals surface area contributed by atoms with E-state index in [4.69, 9.17) is 11.6 Å². The van der Waals surface area contributed by atoms with Crippen LogP contribution in [0.25, 0.3) is 0 Å². The molecule has 0 spiro atoms. The van der Waals surface area contributed by atoms with Gasteiger partial charge in [0.25, 0.3) is 0 Å². The molecule has 1 aromatic rings. The smallest absolute Gasteiger partial charge is 0.308 e. The van der Waals surface area contributed by atoms with Crippen molar-refractivity contribution in [2.45, 2.75) is 13.5 Å². The van der Waals surface area contributed by atoms with Crippen LogP contribution in [0.3, 0.4) is 0 Å². The fraction of sp³-hybridized carbons (Fsp3) is 0.579. The zero-order valence-corrected chi connectivity index (χ0v) is 16.2. The number of carbonyl (C=O) groups is 2. The highest BCUT2D eigenvalue weighted by Gasteiger charge is 2.36. The van der Waals surface area contributed by atoms with E-state index in [0.29, 0.717) is 56.4 Å². The average Bonchev–Trinajstić information content (AvgIpc) is 2.99. The SMILES string of the molecule is C[C@@H]1CN(CC(=O)N2CCN(Cc3c(F)cccc3Cl)CC2)C[C@H]1C(=O)O. The van der Waals surface area contributed by atoms with Crippen LogP contribution in [0.15, 0.2) is 18.2 Å². The van der Waals surface area contributed by atoms with Gasteiger partial charge in [-0.2, -0.15) is 0 Å². The van der Waals surface area contributed by atoms with Gasteiger partial charge in [0.1, 0.15) is 5.82 Å². The minimum atomic E-state index is -0.794. The highest BCUT2D eigenvalue weighted by atomic mass is 35.5. The van der Waals surface area contributed by atoms with E-state index in [1.807, 2.05) is 11.8 Å². The Morgan fingerprint density at radius 1 is 1.19 bits per heavy atom. The topological polar surface area (TPSA) is 64.1 Å². The summed E-state index contributed by atoms with van der Waals surface area (Å²) in [6.45, 7) is 6.13. The molecule has 2 heterocycles. The first kappa shape index (κ1) is 20.0. The van der Waals surface area contributed by atoms with Crippen molar-refractivity contribution in [1.82, 2.24) is 14.7 Å². The summed E-state index contributed by atoms with van der Waals surface area (Å²) in [4.78, 5) is 29.6. The highest BCUT2D eigenvalue weighted by Crippen LogP contribution is 2.24. The lowest BCUT2D eigenvalue weighted by Crippen LogP contribution is -2.50. The number of carboxylic acids is 1. The van der Waals surface area contributed by atoms with E-state index >= 15 is 0 Å². The monoisotopic (exact) mass is 397 g/mol. The number of likely N-dealkylation sites (tertiary alicyclic amines) is 1. The van der Waals surface area contributed by atoms with E-state index < -0.39 is 11.9 Å². The van der Waals surface area contributed by atoms with Crippen LogP contribution in [-0.4, -0.2) is 77.5 Å². The molecule has 1 amide bonds. The molecule has 2 atom stereocenters. The van der Waals surface area contributed by atoms with Gasteiger partial charge in [-0.05, 0) is 18.1 Å². The summed E-state index contributed by atoms with van der Waals surface area (Å²) in [5.74, 6) is -1.43. The van der Waals surface area contributed by atoms with Gasteiger partial charge in [-0.3, -0.25) is 19.4 Å². The lowest BCUT2D eigenvalue weighted by molar-refractivity contribution is -0.142. The molecule has 2 aliphatic heterocycles. The maximum absolute atomic E-state index is 13.9. The second kappa shape index (κ2) is 8.54. The van der Waals surface area contributed by atoms with Crippen molar-refractivity contribution in [2.24, 2.45) is 11.8 Å². The van der Waals surface area contributed by atoms with Crippen molar-refractivity contribution < 1.29 is 19.1 Å². The van der Waals surface area contributed by atoms with E-state index in [1.165, 1.54) is 6.07 Å². The third-order valence-electron chi connectivity index (χ3n) is 5.53.